The number of hydrogen-bond acceptors (Lipinski definition) is 2. The van der Waals surface area contributed by atoms with E-state index in [1.807, 2.05) is 0 Å². The van der Waals surface area contributed by atoms with Gasteiger partial charge in [-0.3, -0.25) is 4.90 Å². The van der Waals surface area contributed by atoms with Crippen molar-refractivity contribution in [2.75, 3.05) is 19.6 Å². The zero-order chi connectivity index (χ0) is 12.0. The monoisotopic (exact) mass is 226 g/mol. The molecule has 1 saturated carbocycles. The fourth-order valence-electron chi connectivity index (χ4n) is 3.09. The van der Waals surface area contributed by atoms with E-state index in [1.165, 1.54) is 51.6 Å². The van der Waals surface area contributed by atoms with E-state index >= 15 is 0 Å². The van der Waals surface area contributed by atoms with Gasteiger partial charge in [0.2, 0.25) is 0 Å². The molecule has 1 rings (SSSR count). The predicted molar refractivity (Wildman–Crippen MR) is 71.6 cm³/mol. The molecule has 0 spiro atoms. The van der Waals surface area contributed by atoms with Crippen molar-refractivity contribution >= 4 is 0 Å². The summed E-state index contributed by atoms with van der Waals surface area (Å²) >= 11 is 0. The fourth-order valence-corrected chi connectivity index (χ4v) is 3.09. The third kappa shape index (κ3) is 3.46. The van der Waals surface area contributed by atoms with Crippen LogP contribution in [0.4, 0.5) is 0 Å². The van der Waals surface area contributed by atoms with E-state index < -0.39 is 0 Å². The molecular formula is C14H30N2. The fraction of sp³-hybridized carbons (Fsp3) is 1.00. The van der Waals surface area contributed by atoms with Gasteiger partial charge < -0.3 is 5.73 Å². The Morgan fingerprint density at radius 2 is 1.81 bits per heavy atom. The molecule has 1 aliphatic rings. The van der Waals surface area contributed by atoms with Gasteiger partial charge in [0.05, 0.1) is 0 Å². The second-order valence-corrected chi connectivity index (χ2v) is 5.83. The first-order valence-corrected chi connectivity index (χ1v) is 7.10. The first-order valence-electron chi connectivity index (χ1n) is 7.10. The molecule has 2 heteroatoms. The highest BCUT2D eigenvalue weighted by molar-refractivity contribution is 4.94. The van der Waals surface area contributed by atoms with E-state index in [0.29, 0.717) is 5.54 Å². The average molecular weight is 226 g/mol. The molecule has 0 radical (unpaired) electrons. The second kappa shape index (κ2) is 6.61. The lowest BCUT2D eigenvalue weighted by Gasteiger charge is -2.47. The van der Waals surface area contributed by atoms with Gasteiger partial charge >= 0.3 is 0 Å². The Bertz CT molecular complexity index is 183. The van der Waals surface area contributed by atoms with E-state index in [1.54, 1.807) is 0 Å². The van der Waals surface area contributed by atoms with Crippen molar-refractivity contribution < 1.29 is 0 Å². The highest BCUT2D eigenvalue weighted by Crippen LogP contribution is 2.33. The van der Waals surface area contributed by atoms with Crippen LogP contribution in [0.5, 0.6) is 0 Å². The summed E-state index contributed by atoms with van der Waals surface area (Å²) in [6.07, 6.45) is 8.02. The SMILES string of the molecule is CCCN(CC(C)C)C1(CN)CCCCC1. The summed E-state index contributed by atoms with van der Waals surface area (Å²) in [5.41, 5.74) is 6.44. The van der Waals surface area contributed by atoms with Crippen LogP contribution in [0.1, 0.15) is 59.3 Å². The lowest BCUT2D eigenvalue weighted by molar-refractivity contribution is 0.0465. The maximum Gasteiger partial charge on any atom is 0.0331 e. The smallest absolute Gasteiger partial charge is 0.0331 e. The van der Waals surface area contributed by atoms with Gasteiger partial charge in [-0.25, -0.2) is 0 Å². The van der Waals surface area contributed by atoms with E-state index in [0.717, 1.165) is 12.5 Å². The summed E-state index contributed by atoms with van der Waals surface area (Å²) in [6, 6.07) is 0. The minimum Gasteiger partial charge on any atom is -0.329 e. The molecule has 0 amide bonds. The number of nitrogens with zero attached hydrogens (tertiary/aromatic N) is 1. The Labute approximate surface area is 102 Å². The minimum absolute atomic E-state index is 0.332. The van der Waals surface area contributed by atoms with Crippen LogP contribution in [-0.4, -0.2) is 30.1 Å². The van der Waals surface area contributed by atoms with Crippen LogP contribution < -0.4 is 5.73 Å². The van der Waals surface area contributed by atoms with E-state index in [2.05, 4.69) is 25.7 Å². The number of nitrogens with two attached hydrogens (primary N) is 1. The molecule has 0 unspecified atom stereocenters. The molecule has 0 aromatic rings. The van der Waals surface area contributed by atoms with Crippen molar-refractivity contribution in [1.82, 2.24) is 4.90 Å². The van der Waals surface area contributed by atoms with Gasteiger partial charge in [-0.2, -0.15) is 0 Å². The first-order chi connectivity index (χ1) is 7.64. The molecule has 0 aromatic heterocycles. The molecule has 0 aliphatic heterocycles. The zero-order valence-corrected chi connectivity index (χ0v) is 11.5. The van der Waals surface area contributed by atoms with Crippen molar-refractivity contribution in [2.45, 2.75) is 64.8 Å². The molecule has 2 N–H and O–H groups in total. The highest BCUT2D eigenvalue weighted by atomic mass is 15.2. The largest absolute Gasteiger partial charge is 0.329 e. The van der Waals surface area contributed by atoms with E-state index in [9.17, 15) is 0 Å². The molecule has 0 atom stereocenters. The molecule has 0 heterocycles. The van der Waals surface area contributed by atoms with Crippen molar-refractivity contribution in [3.63, 3.8) is 0 Å². The summed E-state index contributed by atoms with van der Waals surface area (Å²) in [7, 11) is 0. The van der Waals surface area contributed by atoms with E-state index in [4.69, 9.17) is 5.73 Å². The summed E-state index contributed by atoms with van der Waals surface area (Å²) in [5.74, 6) is 0.747. The molecule has 0 aromatic carbocycles. The van der Waals surface area contributed by atoms with E-state index in [-0.39, 0.29) is 0 Å². The standard InChI is InChI=1S/C14H30N2/c1-4-10-16(11-13(2)3)14(12-15)8-6-5-7-9-14/h13H,4-12,15H2,1-3H3. The lowest BCUT2D eigenvalue weighted by atomic mass is 9.79. The van der Waals surface area contributed by atoms with Crippen LogP contribution in [-0.2, 0) is 0 Å². The molecule has 0 bridgehead atoms. The molecule has 16 heavy (non-hydrogen) atoms. The topological polar surface area (TPSA) is 29.3 Å². The van der Waals surface area contributed by atoms with Crippen LogP contribution in [0.2, 0.25) is 0 Å². The average Bonchev–Trinajstić information content (AvgIpc) is 2.29. The molecule has 1 fully saturated rings. The van der Waals surface area contributed by atoms with Crippen molar-refractivity contribution in [3.05, 3.63) is 0 Å². The number of rotatable bonds is 6. The van der Waals surface area contributed by atoms with Gasteiger partial charge in [-0.05, 0) is 31.7 Å². The molecule has 96 valence electrons. The molecule has 1 aliphatic carbocycles. The number of hydrogen-bond donors (Lipinski definition) is 1. The summed E-state index contributed by atoms with van der Waals surface area (Å²) in [6.45, 7) is 10.2. The minimum atomic E-state index is 0.332. The Morgan fingerprint density at radius 3 is 2.25 bits per heavy atom. The highest BCUT2D eigenvalue weighted by Gasteiger charge is 2.36. The van der Waals surface area contributed by atoms with Gasteiger partial charge in [0.15, 0.2) is 0 Å². The summed E-state index contributed by atoms with van der Waals surface area (Å²) in [5, 5.41) is 0. The van der Waals surface area contributed by atoms with Gasteiger partial charge in [0.25, 0.3) is 0 Å². The first kappa shape index (κ1) is 14.0. The Balaban J connectivity index is 2.70. The normalized spacial score (nSPS) is 20.6. The van der Waals surface area contributed by atoms with Crippen molar-refractivity contribution in [2.24, 2.45) is 11.7 Å². The third-order valence-corrected chi connectivity index (χ3v) is 3.91. The lowest BCUT2D eigenvalue weighted by Crippen LogP contribution is -2.56. The Kier molecular flexibility index (Phi) is 5.77. The maximum absolute atomic E-state index is 6.10. The Hall–Kier alpha value is -0.0800. The van der Waals surface area contributed by atoms with Crippen LogP contribution in [0, 0.1) is 5.92 Å². The van der Waals surface area contributed by atoms with Crippen molar-refractivity contribution in [1.29, 1.82) is 0 Å². The van der Waals surface area contributed by atoms with Crippen LogP contribution >= 0.6 is 0 Å². The van der Waals surface area contributed by atoms with Crippen LogP contribution in [0.15, 0.2) is 0 Å². The molecule has 2 nitrogen and oxygen atoms in total. The zero-order valence-electron chi connectivity index (χ0n) is 11.5. The maximum atomic E-state index is 6.10. The second-order valence-electron chi connectivity index (χ2n) is 5.83. The Morgan fingerprint density at radius 1 is 1.19 bits per heavy atom. The van der Waals surface area contributed by atoms with Crippen molar-refractivity contribution in [3.8, 4) is 0 Å². The van der Waals surface area contributed by atoms with Gasteiger partial charge in [-0.1, -0.05) is 40.0 Å². The van der Waals surface area contributed by atoms with Gasteiger partial charge in [-0.15, -0.1) is 0 Å². The van der Waals surface area contributed by atoms with Gasteiger partial charge in [0, 0.05) is 18.6 Å². The molecular weight excluding hydrogens is 196 g/mol. The van der Waals surface area contributed by atoms with Crippen LogP contribution in [0.3, 0.4) is 0 Å². The summed E-state index contributed by atoms with van der Waals surface area (Å²) < 4.78 is 0. The third-order valence-electron chi connectivity index (χ3n) is 3.91. The predicted octanol–water partition coefficient (Wildman–Crippen LogP) is 3.02. The summed E-state index contributed by atoms with van der Waals surface area (Å²) in [4.78, 5) is 2.69. The van der Waals surface area contributed by atoms with Crippen LogP contribution in [0.25, 0.3) is 0 Å². The quantitative estimate of drug-likeness (QED) is 0.754. The van der Waals surface area contributed by atoms with Gasteiger partial charge in [0.1, 0.15) is 0 Å². The molecule has 0 saturated heterocycles.